The van der Waals surface area contributed by atoms with Gasteiger partial charge in [-0.05, 0) is 25.7 Å². The highest BCUT2D eigenvalue weighted by Gasteiger charge is 2.33. The quantitative estimate of drug-likeness (QED) is 0.465. The standard InChI is InChI=1S/C9H14O/c1-7-9-5-3-2-4-8(9)6-10-7/h3,5,7-9H,2,4,6H2,1H3. The van der Waals surface area contributed by atoms with E-state index in [1.807, 2.05) is 0 Å². The molecule has 56 valence electrons. The Hall–Kier alpha value is -0.300. The first-order chi connectivity index (χ1) is 4.88. The van der Waals surface area contributed by atoms with Crippen LogP contribution >= 0.6 is 0 Å². The van der Waals surface area contributed by atoms with E-state index in [1.54, 1.807) is 0 Å². The Balaban J connectivity index is 2.13. The molecule has 0 aromatic rings. The summed E-state index contributed by atoms with van der Waals surface area (Å²) in [5.41, 5.74) is 0. The summed E-state index contributed by atoms with van der Waals surface area (Å²) < 4.78 is 5.55. The third-order valence-electron chi connectivity index (χ3n) is 2.72. The van der Waals surface area contributed by atoms with E-state index in [2.05, 4.69) is 19.1 Å². The van der Waals surface area contributed by atoms with Crippen molar-refractivity contribution in [3.05, 3.63) is 12.2 Å². The summed E-state index contributed by atoms with van der Waals surface area (Å²) in [7, 11) is 0. The molecule has 10 heavy (non-hydrogen) atoms. The molecule has 0 saturated carbocycles. The molecule has 0 radical (unpaired) electrons. The van der Waals surface area contributed by atoms with Crippen LogP contribution in [0.4, 0.5) is 0 Å². The van der Waals surface area contributed by atoms with Gasteiger partial charge in [0, 0.05) is 5.92 Å². The summed E-state index contributed by atoms with van der Waals surface area (Å²) >= 11 is 0. The van der Waals surface area contributed by atoms with Crippen LogP contribution in [0.5, 0.6) is 0 Å². The number of ether oxygens (including phenoxy) is 1. The minimum atomic E-state index is 0.474. The summed E-state index contributed by atoms with van der Waals surface area (Å²) in [5, 5.41) is 0. The fourth-order valence-corrected chi connectivity index (χ4v) is 2.03. The normalized spacial score (nSPS) is 45.5. The molecule has 1 heterocycles. The van der Waals surface area contributed by atoms with Crippen LogP contribution in [-0.4, -0.2) is 12.7 Å². The average Bonchev–Trinajstić information content (AvgIpc) is 2.34. The van der Waals surface area contributed by atoms with Gasteiger partial charge in [-0.2, -0.15) is 0 Å². The lowest BCUT2D eigenvalue weighted by molar-refractivity contribution is 0.112. The van der Waals surface area contributed by atoms with E-state index in [1.165, 1.54) is 12.8 Å². The molecule has 1 saturated heterocycles. The van der Waals surface area contributed by atoms with Crippen molar-refractivity contribution in [2.45, 2.75) is 25.9 Å². The maximum Gasteiger partial charge on any atom is 0.0613 e. The Morgan fingerprint density at radius 3 is 3.20 bits per heavy atom. The van der Waals surface area contributed by atoms with E-state index in [0.29, 0.717) is 6.10 Å². The van der Waals surface area contributed by atoms with E-state index in [0.717, 1.165) is 18.4 Å². The van der Waals surface area contributed by atoms with E-state index in [-0.39, 0.29) is 0 Å². The van der Waals surface area contributed by atoms with Crippen LogP contribution in [0, 0.1) is 11.8 Å². The van der Waals surface area contributed by atoms with Gasteiger partial charge in [0.25, 0.3) is 0 Å². The minimum absolute atomic E-state index is 0.474. The molecule has 1 heteroatoms. The molecule has 0 amide bonds. The molecule has 0 aromatic heterocycles. The van der Waals surface area contributed by atoms with E-state index in [9.17, 15) is 0 Å². The first-order valence-electron chi connectivity index (χ1n) is 4.16. The Kier molecular flexibility index (Phi) is 1.53. The van der Waals surface area contributed by atoms with Crippen molar-refractivity contribution >= 4 is 0 Å². The Labute approximate surface area is 62.1 Å². The maximum absolute atomic E-state index is 5.55. The van der Waals surface area contributed by atoms with Gasteiger partial charge in [0.1, 0.15) is 0 Å². The third kappa shape index (κ3) is 0.891. The number of fused-ring (bicyclic) bond motifs is 1. The molecule has 0 bridgehead atoms. The van der Waals surface area contributed by atoms with Crippen LogP contribution in [-0.2, 0) is 4.74 Å². The molecule has 1 aliphatic carbocycles. The number of hydrogen-bond donors (Lipinski definition) is 0. The van der Waals surface area contributed by atoms with Gasteiger partial charge in [0.2, 0.25) is 0 Å². The van der Waals surface area contributed by atoms with Crippen LogP contribution in [0.2, 0.25) is 0 Å². The Morgan fingerprint density at radius 1 is 1.50 bits per heavy atom. The highest BCUT2D eigenvalue weighted by Crippen LogP contribution is 2.34. The van der Waals surface area contributed by atoms with Gasteiger partial charge in [-0.1, -0.05) is 12.2 Å². The lowest BCUT2D eigenvalue weighted by atomic mass is 9.84. The monoisotopic (exact) mass is 138 g/mol. The average molecular weight is 138 g/mol. The smallest absolute Gasteiger partial charge is 0.0613 e. The zero-order valence-electron chi connectivity index (χ0n) is 6.42. The Morgan fingerprint density at radius 2 is 2.40 bits per heavy atom. The number of hydrogen-bond acceptors (Lipinski definition) is 1. The highest BCUT2D eigenvalue weighted by molar-refractivity contribution is 5.01. The van der Waals surface area contributed by atoms with E-state index >= 15 is 0 Å². The van der Waals surface area contributed by atoms with E-state index in [4.69, 9.17) is 4.74 Å². The van der Waals surface area contributed by atoms with Crippen molar-refractivity contribution in [3.8, 4) is 0 Å². The number of allylic oxidation sites excluding steroid dienone is 1. The molecule has 3 atom stereocenters. The van der Waals surface area contributed by atoms with Gasteiger partial charge in [-0.25, -0.2) is 0 Å². The lowest BCUT2D eigenvalue weighted by Crippen LogP contribution is -2.17. The van der Waals surface area contributed by atoms with Gasteiger partial charge in [0.05, 0.1) is 12.7 Å². The molecule has 3 unspecified atom stereocenters. The summed E-state index contributed by atoms with van der Waals surface area (Å²) in [5.74, 6) is 1.56. The van der Waals surface area contributed by atoms with Crippen molar-refractivity contribution in [2.24, 2.45) is 11.8 Å². The predicted molar refractivity (Wildman–Crippen MR) is 40.8 cm³/mol. The first-order valence-corrected chi connectivity index (χ1v) is 4.16. The maximum atomic E-state index is 5.55. The van der Waals surface area contributed by atoms with Gasteiger partial charge in [0.15, 0.2) is 0 Å². The highest BCUT2D eigenvalue weighted by atomic mass is 16.5. The van der Waals surface area contributed by atoms with Crippen molar-refractivity contribution in [3.63, 3.8) is 0 Å². The Bertz CT molecular complexity index is 151. The fourth-order valence-electron chi connectivity index (χ4n) is 2.03. The fraction of sp³-hybridized carbons (Fsp3) is 0.778. The van der Waals surface area contributed by atoms with Crippen LogP contribution in [0.25, 0.3) is 0 Å². The summed E-state index contributed by atoms with van der Waals surface area (Å²) in [6.45, 7) is 3.18. The van der Waals surface area contributed by atoms with Crippen molar-refractivity contribution in [1.82, 2.24) is 0 Å². The van der Waals surface area contributed by atoms with E-state index < -0.39 is 0 Å². The van der Waals surface area contributed by atoms with Gasteiger partial charge >= 0.3 is 0 Å². The second-order valence-corrected chi connectivity index (χ2v) is 3.38. The summed E-state index contributed by atoms with van der Waals surface area (Å²) in [4.78, 5) is 0. The second kappa shape index (κ2) is 2.39. The van der Waals surface area contributed by atoms with Gasteiger partial charge in [-0.3, -0.25) is 0 Å². The van der Waals surface area contributed by atoms with Crippen LogP contribution < -0.4 is 0 Å². The summed E-state index contributed by atoms with van der Waals surface area (Å²) in [6.07, 6.45) is 7.71. The first kappa shape index (κ1) is 6.41. The molecular weight excluding hydrogens is 124 g/mol. The molecule has 0 aromatic carbocycles. The molecule has 1 nitrogen and oxygen atoms in total. The molecule has 1 fully saturated rings. The second-order valence-electron chi connectivity index (χ2n) is 3.38. The van der Waals surface area contributed by atoms with Gasteiger partial charge < -0.3 is 4.74 Å². The molecule has 1 aliphatic heterocycles. The van der Waals surface area contributed by atoms with Crippen LogP contribution in [0.3, 0.4) is 0 Å². The lowest BCUT2D eigenvalue weighted by Gasteiger charge is -2.19. The minimum Gasteiger partial charge on any atom is -0.378 e. The predicted octanol–water partition coefficient (Wildman–Crippen LogP) is 1.99. The van der Waals surface area contributed by atoms with Gasteiger partial charge in [-0.15, -0.1) is 0 Å². The zero-order chi connectivity index (χ0) is 6.97. The molecular formula is C9H14O. The SMILES string of the molecule is CC1OCC2CCC=CC21. The number of rotatable bonds is 0. The van der Waals surface area contributed by atoms with Crippen LogP contribution in [0.15, 0.2) is 12.2 Å². The topological polar surface area (TPSA) is 9.23 Å². The van der Waals surface area contributed by atoms with Crippen molar-refractivity contribution < 1.29 is 4.74 Å². The van der Waals surface area contributed by atoms with Crippen LogP contribution in [0.1, 0.15) is 19.8 Å². The molecule has 0 N–H and O–H groups in total. The van der Waals surface area contributed by atoms with Crippen molar-refractivity contribution in [2.75, 3.05) is 6.61 Å². The van der Waals surface area contributed by atoms with Crippen molar-refractivity contribution in [1.29, 1.82) is 0 Å². The molecule has 2 aliphatic rings. The largest absolute Gasteiger partial charge is 0.378 e. The zero-order valence-corrected chi connectivity index (χ0v) is 6.42. The summed E-state index contributed by atoms with van der Waals surface area (Å²) in [6, 6.07) is 0. The molecule has 0 spiro atoms. The third-order valence-corrected chi connectivity index (χ3v) is 2.72. The molecule has 2 rings (SSSR count).